The summed E-state index contributed by atoms with van der Waals surface area (Å²) in [6.45, 7) is 6.20. The maximum Gasteiger partial charge on any atom is 0.142 e. The molecule has 0 heterocycles. The molecule has 0 spiro atoms. The number of hydrogen-bond donors (Lipinski definition) is 1. The van der Waals surface area contributed by atoms with Gasteiger partial charge in [-0.1, -0.05) is 19.4 Å². The highest BCUT2D eigenvalue weighted by Gasteiger charge is 2.08. The Balaban J connectivity index is 2.61. The largest absolute Gasteiger partial charge is 0.495 e. The molecule has 1 aromatic rings. The summed E-state index contributed by atoms with van der Waals surface area (Å²) in [5.41, 5.74) is 2.43. The second-order valence-electron chi connectivity index (χ2n) is 5.76. The van der Waals surface area contributed by atoms with Gasteiger partial charge in [0, 0.05) is 33.2 Å². The zero-order valence-corrected chi connectivity index (χ0v) is 14.3. The predicted octanol–water partition coefficient (Wildman–Crippen LogP) is 2.58. The van der Waals surface area contributed by atoms with Crippen LogP contribution in [-0.4, -0.2) is 52.8 Å². The Bertz CT molecular complexity index is 407. The summed E-state index contributed by atoms with van der Waals surface area (Å²) in [6.07, 6.45) is 2.41. The molecule has 0 unspecified atom stereocenters. The average Bonchev–Trinajstić information content (AvgIpc) is 2.48. The molecule has 0 fully saturated rings. The molecule has 0 amide bonds. The molecule has 1 rings (SSSR count). The maximum absolute atomic E-state index is 5.55. The fourth-order valence-electron chi connectivity index (χ4n) is 2.20. The van der Waals surface area contributed by atoms with Crippen LogP contribution >= 0.6 is 0 Å². The van der Waals surface area contributed by atoms with Crippen LogP contribution in [0.2, 0.25) is 0 Å². The van der Waals surface area contributed by atoms with Crippen LogP contribution in [0, 0.1) is 0 Å². The van der Waals surface area contributed by atoms with Gasteiger partial charge in [-0.25, -0.2) is 0 Å². The van der Waals surface area contributed by atoms with E-state index < -0.39 is 0 Å². The number of unbranched alkanes of at least 4 members (excludes halogenated alkanes) is 1. The van der Waals surface area contributed by atoms with Gasteiger partial charge in [0.25, 0.3) is 0 Å². The Morgan fingerprint density at radius 2 is 1.90 bits per heavy atom. The van der Waals surface area contributed by atoms with E-state index in [-0.39, 0.29) is 0 Å². The molecule has 0 aliphatic carbocycles. The Hall–Kier alpha value is -1.26. The van der Waals surface area contributed by atoms with E-state index in [0.717, 1.165) is 31.9 Å². The van der Waals surface area contributed by atoms with Crippen molar-refractivity contribution in [2.75, 3.05) is 52.8 Å². The van der Waals surface area contributed by atoms with Crippen LogP contribution in [0.5, 0.6) is 5.75 Å². The van der Waals surface area contributed by atoms with Crippen molar-refractivity contribution in [1.82, 2.24) is 10.2 Å². The molecule has 0 radical (unpaired) electrons. The minimum atomic E-state index is 0.878. The van der Waals surface area contributed by atoms with Crippen molar-refractivity contribution in [1.29, 1.82) is 0 Å². The first-order valence-corrected chi connectivity index (χ1v) is 7.82. The molecule has 0 bridgehead atoms. The van der Waals surface area contributed by atoms with Crippen molar-refractivity contribution >= 4 is 5.69 Å². The number of likely N-dealkylation sites (N-methyl/N-ethyl adjacent to an activating group) is 1. The summed E-state index contributed by atoms with van der Waals surface area (Å²) in [7, 11) is 8.05. The van der Waals surface area contributed by atoms with Crippen LogP contribution in [0.1, 0.15) is 25.3 Å². The monoisotopic (exact) mass is 293 g/mol. The molecule has 0 saturated carbocycles. The quantitative estimate of drug-likeness (QED) is 0.671. The summed E-state index contributed by atoms with van der Waals surface area (Å²) in [6, 6.07) is 6.49. The lowest BCUT2D eigenvalue weighted by Crippen LogP contribution is -2.26. The van der Waals surface area contributed by atoms with Gasteiger partial charge < -0.3 is 19.9 Å². The molecule has 0 aromatic heterocycles. The summed E-state index contributed by atoms with van der Waals surface area (Å²) in [5, 5.41) is 3.46. The van der Waals surface area contributed by atoms with Crippen LogP contribution in [0.25, 0.3) is 0 Å². The fraction of sp³-hybridized carbons (Fsp3) is 0.647. The number of methoxy groups -OCH3 is 1. The molecule has 21 heavy (non-hydrogen) atoms. The first kappa shape index (κ1) is 17.8. The molecule has 1 aromatic carbocycles. The van der Waals surface area contributed by atoms with Gasteiger partial charge in [-0.05, 0) is 38.2 Å². The number of nitrogens with one attached hydrogen (secondary N) is 1. The molecule has 0 atom stereocenters. The summed E-state index contributed by atoms with van der Waals surface area (Å²) >= 11 is 0. The van der Waals surface area contributed by atoms with Gasteiger partial charge in [0.2, 0.25) is 0 Å². The van der Waals surface area contributed by atoms with Crippen LogP contribution < -0.4 is 15.0 Å². The highest BCUT2D eigenvalue weighted by Crippen LogP contribution is 2.28. The van der Waals surface area contributed by atoms with E-state index >= 15 is 0 Å². The van der Waals surface area contributed by atoms with Gasteiger partial charge in [-0.15, -0.1) is 0 Å². The van der Waals surface area contributed by atoms with Crippen LogP contribution in [0.15, 0.2) is 18.2 Å². The molecular weight excluding hydrogens is 262 g/mol. The number of ether oxygens (including phenoxy) is 1. The average molecular weight is 293 g/mol. The van der Waals surface area contributed by atoms with Crippen LogP contribution in [-0.2, 0) is 6.54 Å². The zero-order valence-electron chi connectivity index (χ0n) is 14.3. The normalized spacial score (nSPS) is 11.0. The third-order valence-corrected chi connectivity index (χ3v) is 3.57. The number of anilines is 1. The minimum Gasteiger partial charge on any atom is -0.495 e. The first-order valence-electron chi connectivity index (χ1n) is 7.82. The predicted molar refractivity (Wildman–Crippen MR) is 91.4 cm³/mol. The number of nitrogens with zero attached hydrogens (tertiary/aromatic N) is 2. The summed E-state index contributed by atoms with van der Waals surface area (Å²) in [5.74, 6) is 0.959. The van der Waals surface area contributed by atoms with E-state index in [9.17, 15) is 0 Å². The van der Waals surface area contributed by atoms with Gasteiger partial charge in [0.1, 0.15) is 5.75 Å². The second-order valence-corrected chi connectivity index (χ2v) is 5.76. The third kappa shape index (κ3) is 6.36. The Kier molecular flexibility index (Phi) is 8.16. The van der Waals surface area contributed by atoms with Crippen molar-refractivity contribution in [2.24, 2.45) is 0 Å². The van der Waals surface area contributed by atoms with Crippen molar-refractivity contribution in [2.45, 2.75) is 26.3 Å². The van der Waals surface area contributed by atoms with Gasteiger partial charge in [0.15, 0.2) is 0 Å². The molecule has 120 valence electrons. The maximum atomic E-state index is 5.55. The SMILES string of the molecule is CCCCN(C)c1ccc(CNCCN(C)C)cc1OC. The standard InChI is InChI=1S/C17H31N3O/c1-6-7-11-20(4)16-9-8-15(13-17(16)21-5)14-18-10-12-19(2)3/h8-9,13,18H,6-7,10-12,14H2,1-5H3. The number of benzene rings is 1. The molecule has 4 heteroatoms. The highest BCUT2D eigenvalue weighted by atomic mass is 16.5. The van der Waals surface area contributed by atoms with Crippen molar-refractivity contribution in [3.63, 3.8) is 0 Å². The number of rotatable bonds is 10. The van der Waals surface area contributed by atoms with Gasteiger partial charge in [-0.2, -0.15) is 0 Å². The Morgan fingerprint density at radius 1 is 1.14 bits per heavy atom. The molecule has 1 N–H and O–H groups in total. The molecule has 0 aliphatic rings. The minimum absolute atomic E-state index is 0.878. The van der Waals surface area contributed by atoms with Gasteiger partial charge in [0.05, 0.1) is 12.8 Å². The van der Waals surface area contributed by atoms with E-state index in [1.165, 1.54) is 24.1 Å². The molecule has 0 aliphatic heterocycles. The summed E-state index contributed by atoms with van der Waals surface area (Å²) < 4.78 is 5.55. The third-order valence-electron chi connectivity index (χ3n) is 3.57. The number of hydrogen-bond acceptors (Lipinski definition) is 4. The Labute approximate surface area is 130 Å². The molecule has 4 nitrogen and oxygen atoms in total. The van der Waals surface area contributed by atoms with Crippen molar-refractivity contribution in [3.05, 3.63) is 23.8 Å². The molecule has 0 saturated heterocycles. The van der Waals surface area contributed by atoms with E-state index in [2.05, 4.69) is 61.4 Å². The lowest BCUT2D eigenvalue weighted by molar-refractivity contribution is 0.399. The van der Waals surface area contributed by atoms with E-state index in [4.69, 9.17) is 4.74 Å². The van der Waals surface area contributed by atoms with Crippen LogP contribution in [0.3, 0.4) is 0 Å². The summed E-state index contributed by atoms with van der Waals surface area (Å²) in [4.78, 5) is 4.45. The van der Waals surface area contributed by atoms with Crippen molar-refractivity contribution in [3.8, 4) is 5.75 Å². The van der Waals surface area contributed by atoms with E-state index in [0.29, 0.717) is 0 Å². The van der Waals surface area contributed by atoms with Gasteiger partial charge >= 0.3 is 0 Å². The van der Waals surface area contributed by atoms with Crippen LogP contribution in [0.4, 0.5) is 5.69 Å². The van der Waals surface area contributed by atoms with Gasteiger partial charge in [-0.3, -0.25) is 0 Å². The lowest BCUT2D eigenvalue weighted by atomic mass is 10.1. The highest BCUT2D eigenvalue weighted by molar-refractivity contribution is 5.59. The van der Waals surface area contributed by atoms with E-state index in [1.807, 2.05) is 0 Å². The van der Waals surface area contributed by atoms with Crippen molar-refractivity contribution < 1.29 is 4.74 Å². The Morgan fingerprint density at radius 3 is 2.52 bits per heavy atom. The fourth-order valence-corrected chi connectivity index (χ4v) is 2.20. The van der Waals surface area contributed by atoms with E-state index in [1.54, 1.807) is 7.11 Å². The zero-order chi connectivity index (χ0) is 15.7. The topological polar surface area (TPSA) is 27.7 Å². The lowest BCUT2D eigenvalue weighted by Gasteiger charge is -2.22. The first-order chi connectivity index (χ1) is 10.1. The smallest absolute Gasteiger partial charge is 0.142 e. The second kappa shape index (κ2) is 9.64. The molecular formula is C17H31N3O.